The molecule has 0 aromatic carbocycles. The van der Waals surface area contributed by atoms with Gasteiger partial charge in [0.25, 0.3) is 0 Å². The Morgan fingerprint density at radius 2 is 1.92 bits per heavy atom. The minimum Gasteiger partial charge on any atom is -0.481 e. The Kier molecular flexibility index (Phi) is 5.33. The van der Waals surface area contributed by atoms with E-state index in [4.69, 9.17) is 10.2 Å². The van der Waals surface area contributed by atoms with Gasteiger partial charge in [-0.15, -0.1) is 0 Å². The van der Waals surface area contributed by atoms with Crippen LogP contribution in [0, 0.1) is 5.92 Å². The fourth-order valence-corrected chi connectivity index (χ4v) is 1.90. The minimum absolute atomic E-state index is 0.0460. The summed E-state index contributed by atoms with van der Waals surface area (Å²) < 4.78 is 0. The second-order valence-corrected chi connectivity index (χ2v) is 4.78. The third kappa shape index (κ3) is 3.97. The minimum atomic E-state index is -0.778. The molecule has 72 valence electrons. The van der Waals surface area contributed by atoms with E-state index < -0.39 is 5.97 Å². The predicted octanol–water partition coefficient (Wildman–Crippen LogP) is 1.21. The third-order valence-electron chi connectivity index (χ3n) is 1.80. The Morgan fingerprint density at radius 3 is 2.25 bits per heavy atom. The molecule has 2 N–H and O–H groups in total. The normalized spacial score (nSPS) is 18.3. The quantitative estimate of drug-likeness (QED) is 0.687. The van der Waals surface area contributed by atoms with Gasteiger partial charge in [0.2, 0.25) is 0 Å². The lowest BCUT2D eigenvalue weighted by Crippen LogP contribution is -2.22. The summed E-state index contributed by atoms with van der Waals surface area (Å²) in [5.41, 5.74) is 0. The third-order valence-corrected chi connectivity index (χ3v) is 3.25. The van der Waals surface area contributed by atoms with Crippen molar-refractivity contribution >= 4 is 17.7 Å². The van der Waals surface area contributed by atoms with Gasteiger partial charge in [-0.05, 0) is 0 Å². The molecule has 0 radical (unpaired) electrons. The number of hydrogen-bond donors (Lipinski definition) is 2. The van der Waals surface area contributed by atoms with Crippen molar-refractivity contribution in [1.82, 2.24) is 0 Å². The lowest BCUT2D eigenvalue weighted by Gasteiger charge is -2.18. The molecule has 0 bridgehead atoms. The fourth-order valence-electron chi connectivity index (χ4n) is 0.728. The van der Waals surface area contributed by atoms with Crippen molar-refractivity contribution in [3.63, 3.8) is 0 Å². The molecule has 0 aliphatic heterocycles. The summed E-state index contributed by atoms with van der Waals surface area (Å²) in [4.78, 5) is 10.5. The van der Waals surface area contributed by atoms with Gasteiger partial charge >= 0.3 is 5.97 Å². The molecule has 3 nitrogen and oxygen atoms in total. The van der Waals surface area contributed by atoms with Crippen molar-refractivity contribution in [1.29, 1.82) is 0 Å². The second kappa shape index (κ2) is 5.43. The Labute approximate surface area is 77.2 Å². The molecule has 0 saturated heterocycles. The largest absolute Gasteiger partial charge is 0.481 e. The first-order chi connectivity index (χ1) is 5.49. The van der Waals surface area contributed by atoms with Crippen molar-refractivity contribution in [3.8, 4) is 0 Å². The van der Waals surface area contributed by atoms with Crippen LogP contribution in [0.1, 0.15) is 20.8 Å². The Bertz CT molecular complexity index is 149. The number of hydrogen-bond acceptors (Lipinski definition) is 3. The first-order valence-corrected chi connectivity index (χ1v) is 4.92. The van der Waals surface area contributed by atoms with Gasteiger partial charge in [0, 0.05) is 10.5 Å². The monoisotopic (exact) mass is 192 g/mol. The SMILES string of the molecule is CC(CO)SC(C)C(C)C(=O)O. The van der Waals surface area contributed by atoms with Crippen LogP contribution in [0.3, 0.4) is 0 Å². The maximum absolute atomic E-state index is 10.5. The van der Waals surface area contributed by atoms with E-state index in [1.54, 1.807) is 6.92 Å². The first-order valence-electron chi connectivity index (χ1n) is 3.98. The molecule has 0 aliphatic carbocycles. The van der Waals surface area contributed by atoms with Crippen LogP contribution in [-0.2, 0) is 4.79 Å². The van der Waals surface area contributed by atoms with Gasteiger partial charge < -0.3 is 10.2 Å². The Morgan fingerprint density at radius 1 is 1.42 bits per heavy atom. The maximum atomic E-state index is 10.5. The number of thioether (sulfide) groups is 1. The molecule has 4 heteroatoms. The van der Waals surface area contributed by atoms with Crippen LogP contribution in [0.5, 0.6) is 0 Å². The van der Waals surface area contributed by atoms with Gasteiger partial charge in [-0.3, -0.25) is 4.79 Å². The number of carbonyl (C=O) groups is 1. The lowest BCUT2D eigenvalue weighted by molar-refractivity contribution is -0.140. The molecule has 0 spiro atoms. The highest BCUT2D eigenvalue weighted by Gasteiger charge is 2.21. The molecule has 0 aromatic heterocycles. The molecule has 0 amide bonds. The summed E-state index contributed by atoms with van der Waals surface area (Å²) in [6.45, 7) is 5.54. The lowest BCUT2D eigenvalue weighted by atomic mass is 10.1. The molecule has 0 fully saturated rings. The zero-order valence-electron chi connectivity index (χ0n) is 7.65. The highest BCUT2D eigenvalue weighted by atomic mass is 32.2. The summed E-state index contributed by atoms with van der Waals surface area (Å²) in [5.74, 6) is -1.14. The van der Waals surface area contributed by atoms with Gasteiger partial charge in [-0.25, -0.2) is 0 Å². The molecule has 0 aromatic rings. The molecule has 12 heavy (non-hydrogen) atoms. The number of carboxylic acid groups (broad SMARTS) is 1. The molecule has 0 aliphatic rings. The molecular formula is C8H16O3S. The standard InChI is InChI=1S/C8H16O3S/c1-5(4-9)12-7(3)6(2)8(10)11/h5-7,9H,4H2,1-3H3,(H,10,11). The van der Waals surface area contributed by atoms with Crippen LogP contribution < -0.4 is 0 Å². The van der Waals surface area contributed by atoms with Crippen molar-refractivity contribution in [3.05, 3.63) is 0 Å². The summed E-state index contributed by atoms with van der Waals surface area (Å²) in [7, 11) is 0. The van der Waals surface area contributed by atoms with E-state index in [1.807, 2.05) is 13.8 Å². The van der Waals surface area contributed by atoms with Crippen LogP contribution in [0.25, 0.3) is 0 Å². The summed E-state index contributed by atoms with van der Waals surface area (Å²) in [5, 5.41) is 17.6. The Hall–Kier alpha value is -0.220. The predicted molar refractivity (Wildman–Crippen MR) is 50.4 cm³/mol. The molecule has 0 saturated carbocycles. The number of aliphatic hydroxyl groups is 1. The van der Waals surface area contributed by atoms with Gasteiger partial charge in [0.1, 0.15) is 0 Å². The zero-order chi connectivity index (χ0) is 9.72. The smallest absolute Gasteiger partial charge is 0.307 e. The Balaban J connectivity index is 3.86. The van der Waals surface area contributed by atoms with E-state index in [2.05, 4.69) is 0 Å². The van der Waals surface area contributed by atoms with Crippen molar-refractivity contribution in [2.24, 2.45) is 5.92 Å². The van der Waals surface area contributed by atoms with E-state index in [9.17, 15) is 4.79 Å². The molecule has 0 rings (SSSR count). The van der Waals surface area contributed by atoms with Gasteiger partial charge in [0.15, 0.2) is 0 Å². The first kappa shape index (κ1) is 11.8. The molecule has 3 unspecified atom stereocenters. The molecular weight excluding hydrogens is 176 g/mol. The van der Waals surface area contributed by atoms with Crippen LogP contribution in [0.4, 0.5) is 0 Å². The number of aliphatic hydroxyl groups excluding tert-OH is 1. The summed E-state index contributed by atoms with van der Waals surface area (Å²) in [6, 6.07) is 0. The molecule has 0 heterocycles. The van der Waals surface area contributed by atoms with Gasteiger partial charge in [-0.1, -0.05) is 20.8 Å². The van der Waals surface area contributed by atoms with E-state index >= 15 is 0 Å². The second-order valence-electron chi connectivity index (χ2n) is 2.96. The van der Waals surface area contributed by atoms with E-state index in [0.717, 1.165) is 0 Å². The maximum Gasteiger partial charge on any atom is 0.307 e. The van der Waals surface area contributed by atoms with E-state index in [0.29, 0.717) is 0 Å². The number of aliphatic carboxylic acids is 1. The highest BCUT2D eigenvalue weighted by molar-refractivity contribution is 8.00. The van der Waals surface area contributed by atoms with Crippen LogP contribution >= 0.6 is 11.8 Å². The van der Waals surface area contributed by atoms with E-state index in [1.165, 1.54) is 11.8 Å². The van der Waals surface area contributed by atoms with Gasteiger partial charge in [0.05, 0.1) is 12.5 Å². The number of rotatable bonds is 5. The molecule has 3 atom stereocenters. The summed E-state index contributed by atoms with van der Waals surface area (Å²) >= 11 is 1.51. The van der Waals surface area contributed by atoms with Crippen molar-refractivity contribution in [2.45, 2.75) is 31.3 Å². The van der Waals surface area contributed by atoms with Crippen LogP contribution in [0.15, 0.2) is 0 Å². The zero-order valence-corrected chi connectivity index (χ0v) is 8.47. The van der Waals surface area contributed by atoms with Crippen LogP contribution in [0.2, 0.25) is 0 Å². The summed E-state index contributed by atoms with van der Waals surface area (Å²) in [6.07, 6.45) is 0. The topological polar surface area (TPSA) is 57.5 Å². The average molecular weight is 192 g/mol. The average Bonchev–Trinajstić information content (AvgIpc) is 2.02. The van der Waals surface area contributed by atoms with Gasteiger partial charge in [-0.2, -0.15) is 11.8 Å². The highest BCUT2D eigenvalue weighted by Crippen LogP contribution is 2.23. The van der Waals surface area contributed by atoms with Crippen molar-refractivity contribution in [2.75, 3.05) is 6.61 Å². The van der Waals surface area contributed by atoms with E-state index in [-0.39, 0.29) is 23.0 Å². The van der Waals surface area contributed by atoms with Crippen molar-refractivity contribution < 1.29 is 15.0 Å². The fraction of sp³-hybridized carbons (Fsp3) is 0.875. The van der Waals surface area contributed by atoms with Crippen LogP contribution in [-0.4, -0.2) is 33.3 Å². The number of carboxylic acids is 1.